The lowest BCUT2D eigenvalue weighted by atomic mass is 9.59. The van der Waals surface area contributed by atoms with Gasteiger partial charge in [0.1, 0.15) is 5.82 Å². The van der Waals surface area contributed by atoms with Crippen LogP contribution in [0.4, 0.5) is 4.39 Å². The van der Waals surface area contributed by atoms with E-state index < -0.39 is 11.2 Å². The largest absolute Gasteiger partial charge is 0.340 e. The Labute approximate surface area is 181 Å². The summed E-state index contributed by atoms with van der Waals surface area (Å²) < 4.78 is 17.0. The summed E-state index contributed by atoms with van der Waals surface area (Å²) in [7, 11) is 14.3. The summed E-state index contributed by atoms with van der Waals surface area (Å²) >= 11 is 0. The highest BCUT2D eigenvalue weighted by atomic mass is 19.1. The molecule has 0 saturated heterocycles. The molecule has 1 aliphatic rings. The minimum atomic E-state index is -1.60. The average Bonchev–Trinajstić information content (AvgIpc) is 3.20. The lowest BCUT2D eigenvalue weighted by Crippen LogP contribution is -2.45. The number of rotatable bonds is 3. The SMILES string of the molecule is [B]C1([B])c2ncccc2C(=O)N1Cc1c(C)cc(-c2cccc3nn(C)cc23)cc1F. The van der Waals surface area contributed by atoms with E-state index in [9.17, 15) is 4.79 Å². The quantitative estimate of drug-likeness (QED) is 0.492. The lowest BCUT2D eigenvalue weighted by Gasteiger charge is -2.33. The van der Waals surface area contributed by atoms with Gasteiger partial charge in [0, 0.05) is 42.3 Å². The summed E-state index contributed by atoms with van der Waals surface area (Å²) in [6.45, 7) is 1.75. The lowest BCUT2D eigenvalue weighted by molar-refractivity contribution is 0.0729. The number of pyridine rings is 1. The zero-order valence-electron chi connectivity index (χ0n) is 17.1. The number of hydrogen-bond donors (Lipinski definition) is 0. The van der Waals surface area contributed by atoms with Crippen LogP contribution in [-0.2, 0) is 18.9 Å². The van der Waals surface area contributed by atoms with E-state index in [1.54, 1.807) is 16.8 Å². The van der Waals surface area contributed by atoms with Crippen LogP contribution in [0.5, 0.6) is 0 Å². The van der Waals surface area contributed by atoms with Gasteiger partial charge in [-0.3, -0.25) is 14.5 Å². The normalized spacial score (nSPS) is 14.9. The van der Waals surface area contributed by atoms with Gasteiger partial charge in [0.25, 0.3) is 5.91 Å². The summed E-state index contributed by atoms with van der Waals surface area (Å²) in [5.74, 6) is -0.792. The predicted octanol–water partition coefficient (Wildman–Crippen LogP) is 3.19. The maximum atomic E-state index is 15.3. The predicted molar refractivity (Wildman–Crippen MR) is 118 cm³/mol. The molecule has 0 unspecified atom stereocenters. The molecule has 0 saturated carbocycles. The highest BCUT2D eigenvalue weighted by Gasteiger charge is 2.43. The second kappa shape index (κ2) is 6.80. The molecule has 0 spiro atoms. The van der Waals surface area contributed by atoms with Crippen molar-refractivity contribution in [2.45, 2.75) is 18.8 Å². The van der Waals surface area contributed by atoms with E-state index in [0.29, 0.717) is 16.7 Å². The number of aromatic nitrogens is 3. The second-order valence-corrected chi connectivity index (χ2v) is 7.91. The molecule has 0 atom stereocenters. The molecule has 0 fully saturated rings. The number of carbonyl (C=O) groups excluding carboxylic acids is 1. The van der Waals surface area contributed by atoms with Gasteiger partial charge < -0.3 is 4.90 Å². The van der Waals surface area contributed by atoms with Crippen molar-refractivity contribution < 1.29 is 9.18 Å². The molecule has 5 nitrogen and oxygen atoms in total. The molecule has 1 aliphatic heterocycles. The minimum Gasteiger partial charge on any atom is -0.340 e. The molecule has 8 heteroatoms. The number of fused-ring (bicyclic) bond motifs is 2. The molecule has 1 amide bonds. The molecule has 2 aromatic carbocycles. The Bertz CT molecular complexity index is 1340. The number of halogens is 1. The average molecular weight is 406 g/mol. The third-order valence-corrected chi connectivity index (χ3v) is 5.82. The van der Waals surface area contributed by atoms with E-state index in [2.05, 4.69) is 10.1 Å². The van der Waals surface area contributed by atoms with E-state index in [1.807, 2.05) is 44.4 Å². The molecule has 4 aromatic rings. The van der Waals surface area contributed by atoms with Crippen LogP contribution >= 0.6 is 0 Å². The number of amides is 1. The molecular weight excluding hydrogens is 389 g/mol. The number of aryl methyl sites for hydroxylation is 2. The van der Waals surface area contributed by atoms with Crippen LogP contribution in [0.1, 0.15) is 27.2 Å². The van der Waals surface area contributed by atoms with Gasteiger partial charge in [0.2, 0.25) is 0 Å². The number of nitrogens with zero attached hydrogens (tertiary/aromatic N) is 4. The van der Waals surface area contributed by atoms with Gasteiger partial charge in [-0.05, 0) is 47.9 Å². The molecule has 0 aliphatic carbocycles. The van der Waals surface area contributed by atoms with E-state index in [1.165, 1.54) is 17.2 Å². The van der Waals surface area contributed by atoms with Crippen molar-refractivity contribution in [2.24, 2.45) is 7.05 Å². The van der Waals surface area contributed by atoms with Crippen molar-refractivity contribution in [3.05, 3.63) is 83.1 Å². The first kappa shape index (κ1) is 19.5. The van der Waals surface area contributed by atoms with Crippen LogP contribution in [0.2, 0.25) is 0 Å². The Morgan fingerprint density at radius 3 is 2.65 bits per heavy atom. The van der Waals surface area contributed by atoms with Crippen molar-refractivity contribution in [2.75, 3.05) is 0 Å². The topological polar surface area (TPSA) is 51.0 Å². The third kappa shape index (κ3) is 2.97. The molecule has 0 N–H and O–H groups in total. The van der Waals surface area contributed by atoms with Crippen LogP contribution in [0.3, 0.4) is 0 Å². The van der Waals surface area contributed by atoms with Gasteiger partial charge in [-0.1, -0.05) is 18.2 Å². The second-order valence-electron chi connectivity index (χ2n) is 7.91. The number of benzene rings is 2. The zero-order valence-corrected chi connectivity index (χ0v) is 17.1. The summed E-state index contributed by atoms with van der Waals surface area (Å²) in [5, 5.41) is 3.76. The van der Waals surface area contributed by atoms with Crippen LogP contribution in [0, 0.1) is 12.7 Å². The van der Waals surface area contributed by atoms with Gasteiger partial charge in [0.05, 0.1) is 32.5 Å². The summed E-state index contributed by atoms with van der Waals surface area (Å²) in [4.78, 5) is 18.3. The third-order valence-electron chi connectivity index (χ3n) is 5.82. The number of hydrogen-bond acceptors (Lipinski definition) is 3. The fourth-order valence-corrected chi connectivity index (χ4v) is 4.24. The Hall–Kier alpha value is -3.41. The first-order valence-corrected chi connectivity index (χ1v) is 9.84. The number of carbonyl (C=O) groups is 1. The van der Waals surface area contributed by atoms with Crippen molar-refractivity contribution in [1.82, 2.24) is 19.7 Å². The van der Waals surface area contributed by atoms with Crippen molar-refractivity contribution >= 4 is 32.5 Å². The van der Waals surface area contributed by atoms with E-state index >= 15 is 4.39 Å². The fourth-order valence-electron chi connectivity index (χ4n) is 4.24. The van der Waals surface area contributed by atoms with Crippen molar-refractivity contribution in [1.29, 1.82) is 0 Å². The molecule has 2 aromatic heterocycles. The summed E-state index contributed by atoms with van der Waals surface area (Å²) in [5.41, 5.74) is 4.16. The highest BCUT2D eigenvalue weighted by Crippen LogP contribution is 2.36. The zero-order chi connectivity index (χ0) is 21.9. The molecule has 31 heavy (non-hydrogen) atoms. The van der Waals surface area contributed by atoms with Crippen molar-refractivity contribution in [3.8, 4) is 11.1 Å². The molecule has 3 heterocycles. The fraction of sp³-hybridized carbons (Fsp3) is 0.174. The van der Waals surface area contributed by atoms with Gasteiger partial charge in [-0.25, -0.2) is 4.39 Å². The molecule has 4 radical (unpaired) electrons. The molecule has 0 bridgehead atoms. The van der Waals surface area contributed by atoms with Gasteiger partial charge in [-0.15, -0.1) is 0 Å². The molecule has 5 rings (SSSR count). The minimum absolute atomic E-state index is 0.0583. The van der Waals surface area contributed by atoms with E-state index in [4.69, 9.17) is 15.7 Å². The van der Waals surface area contributed by atoms with Crippen LogP contribution < -0.4 is 0 Å². The van der Waals surface area contributed by atoms with E-state index in [-0.39, 0.29) is 18.1 Å². The van der Waals surface area contributed by atoms with Gasteiger partial charge in [-0.2, -0.15) is 5.10 Å². The Morgan fingerprint density at radius 1 is 1.13 bits per heavy atom. The smallest absolute Gasteiger partial charge is 0.255 e. The Morgan fingerprint density at radius 2 is 1.90 bits per heavy atom. The highest BCUT2D eigenvalue weighted by molar-refractivity contribution is 6.42. The maximum absolute atomic E-state index is 15.3. The van der Waals surface area contributed by atoms with Gasteiger partial charge >= 0.3 is 0 Å². The van der Waals surface area contributed by atoms with Crippen LogP contribution in [0.15, 0.2) is 54.9 Å². The maximum Gasteiger partial charge on any atom is 0.255 e. The Balaban J connectivity index is 1.55. The first-order valence-electron chi connectivity index (χ1n) is 9.84. The van der Waals surface area contributed by atoms with Crippen molar-refractivity contribution in [3.63, 3.8) is 0 Å². The molecule has 148 valence electrons. The summed E-state index contributed by atoms with van der Waals surface area (Å²) in [6, 6.07) is 12.4. The Kier molecular flexibility index (Phi) is 4.29. The monoisotopic (exact) mass is 406 g/mol. The van der Waals surface area contributed by atoms with Gasteiger partial charge in [0.15, 0.2) is 0 Å². The summed E-state index contributed by atoms with van der Waals surface area (Å²) in [6.07, 6.45) is 3.44. The van der Waals surface area contributed by atoms with Crippen LogP contribution in [0.25, 0.3) is 22.0 Å². The molecular formula is C23H17B2FN4O. The standard InChI is InChI=1S/C23H17B2FN4O/c1-13-9-14(15-5-3-7-20-18(15)11-29(2)28-20)10-19(26)17(13)12-30-22(31)16-6-4-8-27-21(16)23(30,24)25/h3-11H,12H2,1-2H3. The first-order chi connectivity index (χ1) is 14.8. The van der Waals surface area contributed by atoms with Crippen LogP contribution in [-0.4, -0.2) is 41.3 Å². The van der Waals surface area contributed by atoms with E-state index in [0.717, 1.165) is 22.0 Å².